The van der Waals surface area contributed by atoms with Gasteiger partial charge in [0.15, 0.2) is 0 Å². The first kappa shape index (κ1) is 18.3. The van der Waals surface area contributed by atoms with Gasteiger partial charge in [0.05, 0.1) is 15.5 Å². The van der Waals surface area contributed by atoms with E-state index < -0.39 is 15.8 Å². The lowest BCUT2D eigenvalue weighted by molar-refractivity contribution is 0.180. The first-order chi connectivity index (χ1) is 13.0. The molecule has 1 aromatic carbocycles. The molecule has 0 unspecified atom stereocenters. The zero-order chi connectivity index (χ0) is 18.9. The third-order valence-corrected chi connectivity index (χ3v) is 7.19. The van der Waals surface area contributed by atoms with Gasteiger partial charge >= 0.3 is 0 Å². The molecule has 6 nitrogen and oxygen atoms in total. The van der Waals surface area contributed by atoms with Gasteiger partial charge in [-0.15, -0.1) is 11.3 Å². The summed E-state index contributed by atoms with van der Waals surface area (Å²) in [6.07, 6.45) is 1.64. The molecule has 1 aliphatic heterocycles. The number of nitrogens with zero attached hydrogens (tertiary/aromatic N) is 3. The minimum absolute atomic E-state index is 0.00644. The summed E-state index contributed by atoms with van der Waals surface area (Å²) in [5.74, 6) is 0.0506. The molecule has 0 N–H and O–H groups in total. The SMILES string of the molecule is O=S(=O)(c1cccc(F)c1)N1CCN(Cc2coc(-c3cccs3)n2)CC1. The maximum absolute atomic E-state index is 13.4. The fourth-order valence-corrected chi connectivity index (χ4v) is 5.14. The highest BCUT2D eigenvalue weighted by atomic mass is 32.2. The molecular formula is C18H18FN3O3S2. The second-order valence-corrected chi connectivity index (χ2v) is 9.14. The minimum Gasteiger partial charge on any atom is -0.444 e. The summed E-state index contributed by atoms with van der Waals surface area (Å²) in [5.41, 5.74) is 0.819. The Morgan fingerprint density at radius 1 is 1.15 bits per heavy atom. The Morgan fingerprint density at radius 2 is 1.96 bits per heavy atom. The zero-order valence-electron chi connectivity index (χ0n) is 14.4. The molecule has 1 fully saturated rings. The van der Waals surface area contributed by atoms with Gasteiger partial charge in [-0.25, -0.2) is 17.8 Å². The van der Waals surface area contributed by atoms with Gasteiger partial charge in [-0.3, -0.25) is 4.90 Å². The van der Waals surface area contributed by atoms with Crippen LogP contribution in [0.5, 0.6) is 0 Å². The van der Waals surface area contributed by atoms with Crippen molar-refractivity contribution in [1.82, 2.24) is 14.2 Å². The fourth-order valence-electron chi connectivity index (χ4n) is 3.03. The Hall–Kier alpha value is -2.07. The number of thiophene rings is 1. The van der Waals surface area contributed by atoms with E-state index in [-0.39, 0.29) is 4.90 Å². The van der Waals surface area contributed by atoms with Crippen LogP contribution in [0.1, 0.15) is 5.69 Å². The fraction of sp³-hybridized carbons (Fsp3) is 0.278. The second-order valence-electron chi connectivity index (χ2n) is 6.26. The summed E-state index contributed by atoms with van der Waals surface area (Å²) in [6.45, 7) is 2.47. The van der Waals surface area contributed by atoms with E-state index in [0.29, 0.717) is 38.6 Å². The lowest BCUT2D eigenvalue weighted by Crippen LogP contribution is -2.48. The van der Waals surface area contributed by atoms with Crippen LogP contribution in [0.15, 0.2) is 57.4 Å². The van der Waals surface area contributed by atoms with Crippen molar-refractivity contribution in [2.75, 3.05) is 26.2 Å². The summed E-state index contributed by atoms with van der Waals surface area (Å²) in [6, 6.07) is 9.03. The third-order valence-electron chi connectivity index (χ3n) is 4.43. The largest absolute Gasteiger partial charge is 0.444 e. The monoisotopic (exact) mass is 407 g/mol. The number of piperazine rings is 1. The van der Waals surface area contributed by atoms with Gasteiger partial charge in [0.1, 0.15) is 12.1 Å². The number of rotatable bonds is 5. The van der Waals surface area contributed by atoms with E-state index in [9.17, 15) is 12.8 Å². The van der Waals surface area contributed by atoms with Crippen LogP contribution < -0.4 is 0 Å². The summed E-state index contributed by atoms with van der Waals surface area (Å²) >= 11 is 1.57. The number of benzene rings is 1. The highest BCUT2D eigenvalue weighted by Crippen LogP contribution is 2.24. The zero-order valence-corrected chi connectivity index (χ0v) is 16.0. The average Bonchev–Trinajstić information content (AvgIpc) is 3.34. The lowest BCUT2D eigenvalue weighted by Gasteiger charge is -2.33. The third kappa shape index (κ3) is 3.96. The van der Waals surface area contributed by atoms with Gasteiger partial charge in [-0.2, -0.15) is 4.31 Å². The predicted octanol–water partition coefficient (Wildman–Crippen LogP) is 3.05. The molecule has 0 aliphatic carbocycles. The van der Waals surface area contributed by atoms with Gasteiger partial charge in [0.25, 0.3) is 0 Å². The average molecular weight is 407 g/mol. The molecule has 3 aromatic rings. The maximum Gasteiger partial charge on any atom is 0.243 e. The standard InChI is InChI=1S/C18H18FN3O3S2/c19-14-3-1-4-16(11-14)27(23,24)22-8-6-21(7-9-22)12-15-13-25-18(20-15)17-5-2-10-26-17/h1-5,10-11,13H,6-9,12H2. The van der Waals surface area contributed by atoms with Crippen LogP contribution >= 0.6 is 11.3 Å². The van der Waals surface area contributed by atoms with E-state index >= 15 is 0 Å². The Bertz CT molecular complexity index is 1010. The molecule has 0 spiro atoms. The Morgan fingerprint density at radius 3 is 2.67 bits per heavy atom. The van der Waals surface area contributed by atoms with Gasteiger partial charge in [0, 0.05) is 32.7 Å². The number of hydrogen-bond acceptors (Lipinski definition) is 6. The van der Waals surface area contributed by atoms with E-state index in [1.54, 1.807) is 17.6 Å². The number of hydrogen-bond donors (Lipinski definition) is 0. The quantitative estimate of drug-likeness (QED) is 0.650. The van der Waals surface area contributed by atoms with E-state index in [4.69, 9.17) is 4.42 Å². The Labute approximate surface area is 160 Å². The summed E-state index contributed by atoms with van der Waals surface area (Å²) in [5, 5.41) is 1.97. The smallest absolute Gasteiger partial charge is 0.243 e. The molecule has 1 aliphatic rings. The topological polar surface area (TPSA) is 66.7 Å². The Balaban J connectivity index is 1.38. The van der Waals surface area contributed by atoms with Gasteiger partial charge in [-0.1, -0.05) is 12.1 Å². The summed E-state index contributed by atoms with van der Waals surface area (Å²) in [4.78, 5) is 7.61. The van der Waals surface area contributed by atoms with E-state index in [0.717, 1.165) is 16.6 Å². The molecule has 142 valence electrons. The van der Waals surface area contributed by atoms with Crippen molar-refractivity contribution >= 4 is 21.4 Å². The first-order valence-electron chi connectivity index (χ1n) is 8.49. The van der Waals surface area contributed by atoms with Crippen LogP contribution in [0.3, 0.4) is 0 Å². The molecule has 0 bridgehead atoms. The molecule has 0 amide bonds. The first-order valence-corrected chi connectivity index (χ1v) is 10.8. The molecule has 0 saturated carbocycles. The van der Waals surface area contributed by atoms with Crippen LogP contribution in [-0.2, 0) is 16.6 Å². The molecule has 9 heteroatoms. The molecule has 0 atom stereocenters. The van der Waals surface area contributed by atoms with Gasteiger partial charge in [0.2, 0.25) is 15.9 Å². The van der Waals surface area contributed by atoms with Crippen molar-refractivity contribution in [1.29, 1.82) is 0 Å². The van der Waals surface area contributed by atoms with E-state index in [1.807, 2.05) is 17.5 Å². The lowest BCUT2D eigenvalue weighted by atomic mass is 10.3. The Kier molecular flexibility index (Phi) is 5.09. The van der Waals surface area contributed by atoms with Crippen molar-refractivity contribution in [2.45, 2.75) is 11.4 Å². The summed E-state index contributed by atoms with van der Waals surface area (Å²) in [7, 11) is -3.67. The highest BCUT2D eigenvalue weighted by Gasteiger charge is 2.29. The normalized spacial score (nSPS) is 16.6. The highest BCUT2D eigenvalue weighted by molar-refractivity contribution is 7.89. The molecule has 27 heavy (non-hydrogen) atoms. The van der Waals surface area contributed by atoms with Crippen LogP contribution in [0.4, 0.5) is 4.39 Å². The molecular weight excluding hydrogens is 389 g/mol. The minimum atomic E-state index is -3.67. The van der Waals surface area contributed by atoms with Crippen LogP contribution in [0.2, 0.25) is 0 Å². The van der Waals surface area contributed by atoms with Gasteiger partial charge < -0.3 is 4.42 Å². The van der Waals surface area contributed by atoms with Crippen molar-refractivity contribution in [3.8, 4) is 10.8 Å². The van der Waals surface area contributed by atoms with Crippen LogP contribution in [0.25, 0.3) is 10.8 Å². The maximum atomic E-state index is 13.4. The van der Waals surface area contributed by atoms with Crippen molar-refractivity contribution < 1.29 is 17.2 Å². The van der Waals surface area contributed by atoms with E-state index in [2.05, 4.69) is 9.88 Å². The second kappa shape index (κ2) is 7.51. The molecule has 1 saturated heterocycles. The summed E-state index contributed by atoms with van der Waals surface area (Å²) < 4.78 is 45.6. The van der Waals surface area contributed by atoms with E-state index in [1.165, 1.54) is 22.5 Å². The van der Waals surface area contributed by atoms with Crippen LogP contribution in [-0.4, -0.2) is 48.8 Å². The van der Waals surface area contributed by atoms with Crippen LogP contribution in [0, 0.1) is 5.82 Å². The molecule has 2 aromatic heterocycles. The van der Waals surface area contributed by atoms with Crippen molar-refractivity contribution in [3.05, 3.63) is 59.6 Å². The number of sulfonamides is 1. The molecule has 3 heterocycles. The molecule has 0 radical (unpaired) electrons. The molecule has 4 rings (SSSR count). The predicted molar refractivity (Wildman–Crippen MR) is 100 cm³/mol. The van der Waals surface area contributed by atoms with Crippen molar-refractivity contribution in [3.63, 3.8) is 0 Å². The number of aromatic nitrogens is 1. The van der Waals surface area contributed by atoms with Crippen molar-refractivity contribution in [2.24, 2.45) is 0 Å². The number of oxazole rings is 1. The number of halogens is 1. The van der Waals surface area contributed by atoms with Gasteiger partial charge in [-0.05, 0) is 29.6 Å².